The summed E-state index contributed by atoms with van der Waals surface area (Å²) in [6.45, 7) is 1.91. The number of primary amides is 1. The number of benzene rings is 1. The molecule has 1 atom stereocenters. The van der Waals surface area contributed by atoms with E-state index in [0.717, 1.165) is 12.5 Å². The Hall–Kier alpha value is -1.95. The van der Waals surface area contributed by atoms with Gasteiger partial charge in [0, 0.05) is 5.69 Å². The van der Waals surface area contributed by atoms with Gasteiger partial charge < -0.3 is 16.8 Å². The molecule has 18 heavy (non-hydrogen) atoms. The van der Waals surface area contributed by atoms with Crippen LogP contribution >= 0.6 is 0 Å². The van der Waals surface area contributed by atoms with Crippen LogP contribution in [0.15, 0.2) is 18.2 Å². The number of nitrogens with two attached hydrogens (primary N) is 2. The smallest absolute Gasteiger partial charge is 0.251 e. The average Bonchev–Trinajstić information content (AvgIpc) is 2.31. The van der Waals surface area contributed by atoms with E-state index in [-0.39, 0.29) is 11.5 Å². The first-order valence-electron chi connectivity index (χ1n) is 5.61. The molecule has 0 fully saturated rings. The highest BCUT2D eigenvalue weighted by Crippen LogP contribution is 2.14. The van der Waals surface area contributed by atoms with Crippen LogP contribution in [-0.2, 0) is 4.79 Å². The van der Waals surface area contributed by atoms with E-state index in [0.29, 0.717) is 12.1 Å². The summed E-state index contributed by atoms with van der Waals surface area (Å²) in [5, 5.41) is 2.51. The van der Waals surface area contributed by atoms with Crippen molar-refractivity contribution in [1.82, 2.24) is 0 Å². The highest BCUT2D eigenvalue weighted by molar-refractivity contribution is 5.98. The molecular formula is C12H16FN3O2. The Morgan fingerprint density at radius 2 is 2.11 bits per heavy atom. The van der Waals surface area contributed by atoms with Gasteiger partial charge in [-0.2, -0.15) is 0 Å². The zero-order valence-electron chi connectivity index (χ0n) is 10.1. The maximum Gasteiger partial charge on any atom is 0.251 e. The number of carbonyl (C=O) groups excluding carboxylic acids is 2. The average molecular weight is 253 g/mol. The van der Waals surface area contributed by atoms with Crippen LogP contribution in [0.1, 0.15) is 30.1 Å². The summed E-state index contributed by atoms with van der Waals surface area (Å²) in [7, 11) is 0. The van der Waals surface area contributed by atoms with Crippen LogP contribution in [0.5, 0.6) is 0 Å². The van der Waals surface area contributed by atoms with E-state index in [1.54, 1.807) is 0 Å². The van der Waals surface area contributed by atoms with Gasteiger partial charge in [-0.1, -0.05) is 13.3 Å². The molecule has 0 bridgehead atoms. The van der Waals surface area contributed by atoms with Gasteiger partial charge >= 0.3 is 0 Å². The van der Waals surface area contributed by atoms with Crippen molar-refractivity contribution in [1.29, 1.82) is 0 Å². The lowest BCUT2D eigenvalue weighted by Crippen LogP contribution is -2.35. The second-order valence-corrected chi connectivity index (χ2v) is 3.94. The van der Waals surface area contributed by atoms with Gasteiger partial charge in [0.2, 0.25) is 5.91 Å². The van der Waals surface area contributed by atoms with Gasteiger partial charge in [-0.3, -0.25) is 9.59 Å². The van der Waals surface area contributed by atoms with E-state index in [9.17, 15) is 14.0 Å². The van der Waals surface area contributed by atoms with Crippen molar-refractivity contribution in [3.8, 4) is 0 Å². The van der Waals surface area contributed by atoms with Gasteiger partial charge in [0.15, 0.2) is 0 Å². The lowest BCUT2D eigenvalue weighted by atomic mass is 10.1. The van der Waals surface area contributed by atoms with Crippen LogP contribution in [0.4, 0.5) is 10.1 Å². The third kappa shape index (κ3) is 3.53. The molecule has 1 rings (SSSR count). The number of carbonyl (C=O) groups is 2. The molecule has 0 saturated carbocycles. The summed E-state index contributed by atoms with van der Waals surface area (Å²) in [5.74, 6) is -1.99. The van der Waals surface area contributed by atoms with E-state index in [1.165, 1.54) is 12.1 Å². The zero-order valence-corrected chi connectivity index (χ0v) is 10.1. The molecule has 0 aromatic heterocycles. The van der Waals surface area contributed by atoms with Crippen molar-refractivity contribution < 1.29 is 14.0 Å². The summed E-state index contributed by atoms with van der Waals surface area (Å²) in [6.07, 6.45) is 1.33. The second-order valence-electron chi connectivity index (χ2n) is 3.94. The van der Waals surface area contributed by atoms with Crippen molar-refractivity contribution in [3.05, 3.63) is 29.6 Å². The molecule has 0 aliphatic heterocycles. The SMILES string of the molecule is CCC[C@@H](N)C(=O)Nc1ccc(F)c(C(N)=O)c1. The second kappa shape index (κ2) is 6.11. The Kier molecular flexibility index (Phi) is 4.79. The highest BCUT2D eigenvalue weighted by Gasteiger charge is 2.14. The van der Waals surface area contributed by atoms with Gasteiger partial charge in [-0.15, -0.1) is 0 Å². The van der Waals surface area contributed by atoms with Gasteiger partial charge in [0.05, 0.1) is 11.6 Å². The maximum absolute atomic E-state index is 13.2. The Balaban J connectivity index is 2.82. The molecule has 0 radical (unpaired) electrons. The molecule has 0 unspecified atom stereocenters. The van der Waals surface area contributed by atoms with E-state index in [1.807, 2.05) is 6.92 Å². The van der Waals surface area contributed by atoms with Gasteiger partial charge in [-0.25, -0.2) is 4.39 Å². The highest BCUT2D eigenvalue weighted by atomic mass is 19.1. The van der Waals surface area contributed by atoms with Crippen molar-refractivity contribution in [2.75, 3.05) is 5.32 Å². The van der Waals surface area contributed by atoms with Crippen LogP contribution < -0.4 is 16.8 Å². The third-order valence-corrected chi connectivity index (χ3v) is 2.44. The Labute approximate surface area is 104 Å². The maximum atomic E-state index is 13.2. The Morgan fingerprint density at radius 3 is 2.67 bits per heavy atom. The number of halogens is 1. The lowest BCUT2D eigenvalue weighted by molar-refractivity contribution is -0.117. The fraction of sp³-hybridized carbons (Fsp3) is 0.333. The fourth-order valence-electron chi connectivity index (χ4n) is 1.47. The zero-order chi connectivity index (χ0) is 13.7. The molecule has 0 heterocycles. The molecule has 2 amide bonds. The number of rotatable bonds is 5. The Bertz CT molecular complexity index is 463. The summed E-state index contributed by atoms with van der Waals surface area (Å²) >= 11 is 0. The first-order chi connectivity index (χ1) is 8.45. The number of nitrogens with one attached hydrogen (secondary N) is 1. The van der Waals surface area contributed by atoms with Crippen molar-refractivity contribution >= 4 is 17.5 Å². The van der Waals surface area contributed by atoms with Gasteiger partial charge in [0.1, 0.15) is 5.82 Å². The minimum Gasteiger partial charge on any atom is -0.366 e. The predicted molar refractivity (Wildman–Crippen MR) is 66.4 cm³/mol. The fourth-order valence-corrected chi connectivity index (χ4v) is 1.47. The molecule has 0 aliphatic carbocycles. The minimum absolute atomic E-state index is 0.267. The first kappa shape index (κ1) is 14.1. The molecule has 0 aliphatic rings. The van der Waals surface area contributed by atoms with Crippen molar-refractivity contribution in [3.63, 3.8) is 0 Å². The minimum atomic E-state index is -0.888. The molecule has 0 saturated heterocycles. The summed E-state index contributed by atoms with van der Waals surface area (Å²) in [5.41, 5.74) is 10.7. The summed E-state index contributed by atoms with van der Waals surface area (Å²) in [6, 6.07) is 2.98. The van der Waals surface area contributed by atoms with Gasteiger partial charge in [-0.05, 0) is 24.6 Å². The normalized spacial score (nSPS) is 11.9. The lowest BCUT2D eigenvalue weighted by Gasteiger charge is -2.11. The van der Waals surface area contributed by atoms with E-state index in [2.05, 4.69) is 5.32 Å². The molecule has 1 aromatic carbocycles. The van der Waals surface area contributed by atoms with Crippen LogP contribution in [0.25, 0.3) is 0 Å². The quantitative estimate of drug-likeness (QED) is 0.729. The molecule has 5 N–H and O–H groups in total. The van der Waals surface area contributed by atoms with Crippen LogP contribution in [0.3, 0.4) is 0 Å². The molecular weight excluding hydrogens is 237 g/mol. The van der Waals surface area contributed by atoms with E-state index in [4.69, 9.17) is 11.5 Å². The van der Waals surface area contributed by atoms with Crippen LogP contribution in [0.2, 0.25) is 0 Å². The first-order valence-corrected chi connectivity index (χ1v) is 5.61. The molecule has 0 spiro atoms. The number of anilines is 1. The van der Waals surface area contributed by atoms with Crippen LogP contribution in [0, 0.1) is 5.82 Å². The summed E-state index contributed by atoms with van der Waals surface area (Å²) < 4.78 is 13.2. The van der Waals surface area contributed by atoms with Crippen molar-refractivity contribution in [2.24, 2.45) is 11.5 Å². The molecule has 6 heteroatoms. The van der Waals surface area contributed by atoms with Crippen molar-refractivity contribution in [2.45, 2.75) is 25.8 Å². The monoisotopic (exact) mass is 253 g/mol. The summed E-state index contributed by atoms with van der Waals surface area (Å²) in [4.78, 5) is 22.6. The standard InChI is InChI=1S/C12H16FN3O2/c1-2-3-10(14)12(18)16-7-4-5-9(13)8(6-7)11(15)17/h4-6,10H,2-3,14H2,1H3,(H2,15,17)(H,16,18)/t10-/m1/s1. The van der Waals surface area contributed by atoms with E-state index >= 15 is 0 Å². The molecule has 1 aromatic rings. The Morgan fingerprint density at radius 1 is 1.44 bits per heavy atom. The molecule has 5 nitrogen and oxygen atoms in total. The number of hydrogen-bond acceptors (Lipinski definition) is 3. The van der Waals surface area contributed by atoms with Crippen LogP contribution in [-0.4, -0.2) is 17.9 Å². The number of hydrogen-bond donors (Lipinski definition) is 3. The number of amides is 2. The van der Waals surface area contributed by atoms with Gasteiger partial charge in [0.25, 0.3) is 5.91 Å². The third-order valence-electron chi connectivity index (χ3n) is 2.44. The molecule has 98 valence electrons. The predicted octanol–water partition coefficient (Wildman–Crippen LogP) is 0.990. The van der Waals surface area contributed by atoms with E-state index < -0.39 is 17.8 Å². The topological polar surface area (TPSA) is 98.2 Å². The largest absolute Gasteiger partial charge is 0.366 e.